The van der Waals surface area contributed by atoms with Crippen molar-refractivity contribution in [1.29, 1.82) is 0 Å². The van der Waals surface area contributed by atoms with Crippen LogP contribution >= 0.6 is 11.3 Å². The first-order valence-electron chi connectivity index (χ1n) is 6.20. The van der Waals surface area contributed by atoms with Gasteiger partial charge in [0.15, 0.2) is 0 Å². The topological polar surface area (TPSA) is 57.6 Å². The SMILES string of the molecule is CCCC1CC(=O)N(Cc2ccc(C(=O)O)s2)C1. The summed E-state index contributed by atoms with van der Waals surface area (Å²) in [4.78, 5) is 25.7. The summed E-state index contributed by atoms with van der Waals surface area (Å²) in [5.74, 6) is -0.233. The molecule has 0 aliphatic carbocycles. The van der Waals surface area contributed by atoms with Crippen molar-refractivity contribution in [2.75, 3.05) is 6.54 Å². The largest absolute Gasteiger partial charge is 0.477 e. The number of hydrogen-bond acceptors (Lipinski definition) is 3. The van der Waals surface area contributed by atoms with E-state index in [2.05, 4.69) is 6.92 Å². The van der Waals surface area contributed by atoms with Crippen LogP contribution in [0, 0.1) is 5.92 Å². The van der Waals surface area contributed by atoms with E-state index >= 15 is 0 Å². The van der Waals surface area contributed by atoms with Crippen LogP contribution in [0.15, 0.2) is 12.1 Å². The molecule has 1 fully saturated rings. The monoisotopic (exact) mass is 267 g/mol. The lowest BCUT2D eigenvalue weighted by Crippen LogP contribution is -2.24. The van der Waals surface area contributed by atoms with Crippen molar-refractivity contribution in [3.05, 3.63) is 21.9 Å². The number of carboxylic acids is 1. The fourth-order valence-electron chi connectivity index (χ4n) is 2.37. The number of aromatic carboxylic acids is 1. The zero-order chi connectivity index (χ0) is 13.1. The van der Waals surface area contributed by atoms with Crippen LogP contribution in [0.25, 0.3) is 0 Å². The van der Waals surface area contributed by atoms with Crippen LogP contribution < -0.4 is 0 Å². The van der Waals surface area contributed by atoms with Crippen LogP contribution in [-0.2, 0) is 11.3 Å². The number of amides is 1. The highest BCUT2D eigenvalue weighted by Gasteiger charge is 2.29. The summed E-state index contributed by atoms with van der Waals surface area (Å²) in [5.41, 5.74) is 0. The van der Waals surface area contributed by atoms with Crippen LogP contribution in [0.5, 0.6) is 0 Å². The maximum atomic E-state index is 11.8. The second-order valence-electron chi connectivity index (χ2n) is 4.70. The summed E-state index contributed by atoms with van der Waals surface area (Å²) in [6.07, 6.45) is 2.84. The van der Waals surface area contributed by atoms with E-state index in [4.69, 9.17) is 5.11 Å². The first-order chi connectivity index (χ1) is 8.60. The highest BCUT2D eigenvalue weighted by atomic mass is 32.1. The van der Waals surface area contributed by atoms with Gasteiger partial charge in [-0.2, -0.15) is 0 Å². The van der Waals surface area contributed by atoms with E-state index in [9.17, 15) is 9.59 Å². The van der Waals surface area contributed by atoms with E-state index in [0.717, 1.165) is 24.3 Å². The van der Waals surface area contributed by atoms with E-state index in [-0.39, 0.29) is 5.91 Å². The third kappa shape index (κ3) is 2.90. The molecule has 1 atom stereocenters. The number of rotatable bonds is 5. The molecule has 0 bridgehead atoms. The van der Waals surface area contributed by atoms with Crippen molar-refractivity contribution in [3.8, 4) is 0 Å². The third-order valence-corrected chi connectivity index (χ3v) is 4.27. The van der Waals surface area contributed by atoms with Crippen molar-refractivity contribution < 1.29 is 14.7 Å². The second kappa shape index (κ2) is 5.52. The van der Waals surface area contributed by atoms with Crippen molar-refractivity contribution in [3.63, 3.8) is 0 Å². The number of carboxylic acid groups (broad SMARTS) is 1. The van der Waals surface area contributed by atoms with Crippen molar-refractivity contribution in [2.45, 2.75) is 32.7 Å². The Bertz CT molecular complexity index is 455. The molecule has 1 aromatic rings. The van der Waals surface area contributed by atoms with E-state index in [1.807, 2.05) is 4.90 Å². The van der Waals surface area contributed by atoms with Gasteiger partial charge in [-0.15, -0.1) is 11.3 Å². The molecule has 1 aromatic heterocycles. The summed E-state index contributed by atoms with van der Waals surface area (Å²) in [7, 11) is 0. The molecule has 1 unspecified atom stereocenters. The molecule has 1 aliphatic heterocycles. The molecule has 0 aromatic carbocycles. The van der Waals surface area contributed by atoms with Crippen molar-refractivity contribution >= 4 is 23.2 Å². The number of carbonyl (C=O) groups excluding carboxylic acids is 1. The molecule has 1 amide bonds. The standard InChI is InChI=1S/C13H17NO3S/c1-2-3-9-6-12(15)14(7-9)8-10-4-5-11(18-10)13(16)17/h4-5,9H,2-3,6-8H2,1H3,(H,16,17). The quantitative estimate of drug-likeness (QED) is 0.892. The number of hydrogen-bond donors (Lipinski definition) is 1. The molecule has 1 aliphatic rings. The second-order valence-corrected chi connectivity index (χ2v) is 5.87. The minimum atomic E-state index is -0.900. The van der Waals surface area contributed by atoms with Gasteiger partial charge in [-0.1, -0.05) is 13.3 Å². The summed E-state index contributed by atoms with van der Waals surface area (Å²) in [5, 5.41) is 8.85. The van der Waals surface area contributed by atoms with Crippen LogP contribution in [0.4, 0.5) is 0 Å². The number of thiophene rings is 1. The van der Waals surface area contributed by atoms with Gasteiger partial charge in [0.05, 0.1) is 6.54 Å². The van der Waals surface area contributed by atoms with Gasteiger partial charge in [0.25, 0.3) is 0 Å². The third-order valence-electron chi connectivity index (χ3n) is 3.21. The Morgan fingerprint density at radius 3 is 2.94 bits per heavy atom. The van der Waals surface area contributed by atoms with Gasteiger partial charge in [-0.25, -0.2) is 4.79 Å². The van der Waals surface area contributed by atoms with E-state index in [1.165, 1.54) is 11.3 Å². The van der Waals surface area contributed by atoms with Crippen LogP contribution in [0.3, 0.4) is 0 Å². The molecule has 2 rings (SSSR count). The average Bonchev–Trinajstić information content (AvgIpc) is 2.88. The van der Waals surface area contributed by atoms with Gasteiger partial charge in [0, 0.05) is 17.8 Å². The number of likely N-dealkylation sites (tertiary alicyclic amines) is 1. The maximum absolute atomic E-state index is 11.8. The van der Waals surface area contributed by atoms with Gasteiger partial charge >= 0.3 is 5.97 Å². The molecule has 1 saturated heterocycles. The molecular formula is C13H17NO3S. The number of carbonyl (C=O) groups is 2. The Morgan fingerprint density at radius 2 is 2.33 bits per heavy atom. The fourth-order valence-corrected chi connectivity index (χ4v) is 3.24. The Hall–Kier alpha value is -1.36. The van der Waals surface area contributed by atoms with Gasteiger partial charge in [0.2, 0.25) is 5.91 Å². The minimum absolute atomic E-state index is 0.193. The lowest BCUT2D eigenvalue weighted by atomic mass is 10.0. The molecule has 0 saturated carbocycles. The lowest BCUT2D eigenvalue weighted by molar-refractivity contribution is -0.128. The van der Waals surface area contributed by atoms with Gasteiger partial charge < -0.3 is 10.0 Å². The molecule has 18 heavy (non-hydrogen) atoms. The minimum Gasteiger partial charge on any atom is -0.477 e. The zero-order valence-electron chi connectivity index (χ0n) is 10.4. The van der Waals surface area contributed by atoms with Crippen LogP contribution in [0.1, 0.15) is 40.7 Å². The normalized spacial score (nSPS) is 19.5. The van der Waals surface area contributed by atoms with E-state index < -0.39 is 5.97 Å². The summed E-state index contributed by atoms with van der Waals surface area (Å²) < 4.78 is 0. The predicted octanol–water partition coefficient (Wildman–Crippen LogP) is 2.59. The summed E-state index contributed by atoms with van der Waals surface area (Å²) in [6.45, 7) is 3.50. The smallest absolute Gasteiger partial charge is 0.345 e. The van der Waals surface area contributed by atoms with Crippen LogP contribution in [0.2, 0.25) is 0 Å². The Balaban J connectivity index is 1.96. The fraction of sp³-hybridized carbons (Fsp3) is 0.538. The molecule has 0 radical (unpaired) electrons. The van der Waals surface area contributed by atoms with Crippen molar-refractivity contribution in [1.82, 2.24) is 4.90 Å². The Morgan fingerprint density at radius 1 is 1.56 bits per heavy atom. The zero-order valence-corrected chi connectivity index (χ0v) is 11.2. The number of nitrogens with zero attached hydrogens (tertiary/aromatic N) is 1. The summed E-state index contributed by atoms with van der Waals surface area (Å²) >= 11 is 1.25. The van der Waals surface area contributed by atoms with Gasteiger partial charge in [-0.05, 0) is 24.5 Å². The molecule has 5 heteroatoms. The van der Waals surface area contributed by atoms with Crippen LogP contribution in [-0.4, -0.2) is 28.4 Å². The Kier molecular flexibility index (Phi) is 4.01. The van der Waals surface area contributed by atoms with E-state index in [0.29, 0.717) is 23.8 Å². The average molecular weight is 267 g/mol. The summed E-state index contributed by atoms with van der Waals surface area (Å²) in [6, 6.07) is 3.40. The molecule has 1 N–H and O–H groups in total. The molecular weight excluding hydrogens is 250 g/mol. The van der Waals surface area contributed by atoms with Crippen molar-refractivity contribution in [2.24, 2.45) is 5.92 Å². The van der Waals surface area contributed by atoms with Gasteiger partial charge in [0.1, 0.15) is 4.88 Å². The molecule has 0 spiro atoms. The van der Waals surface area contributed by atoms with E-state index in [1.54, 1.807) is 12.1 Å². The molecule has 2 heterocycles. The predicted molar refractivity (Wildman–Crippen MR) is 69.7 cm³/mol. The molecule has 4 nitrogen and oxygen atoms in total. The first kappa shape index (κ1) is 13.1. The maximum Gasteiger partial charge on any atom is 0.345 e. The Labute approximate surface area is 110 Å². The lowest BCUT2D eigenvalue weighted by Gasteiger charge is -2.15. The van der Waals surface area contributed by atoms with Gasteiger partial charge in [-0.3, -0.25) is 4.79 Å². The highest BCUT2D eigenvalue weighted by molar-refractivity contribution is 7.13. The first-order valence-corrected chi connectivity index (χ1v) is 7.01. The molecule has 98 valence electrons. The highest BCUT2D eigenvalue weighted by Crippen LogP contribution is 2.26.